The van der Waals surface area contributed by atoms with Crippen LogP contribution in [0.1, 0.15) is 237 Å². The number of morpholine rings is 1. The molecular formula is C110H168F3N5O27. The Morgan fingerprint density at radius 3 is 1.06 bits per heavy atom. The summed E-state index contributed by atoms with van der Waals surface area (Å²) in [5, 5.41) is 63.7. The summed E-state index contributed by atoms with van der Waals surface area (Å²) >= 11 is 0. The van der Waals surface area contributed by atoms with Crippen LogP contribution in [0.3, 0.4) is 0 Å². The van der Waals surface area contributed by atoms with Gasteiger partial charge in [-0.15, -0.1) is 0 Å². The topological polar surface area (TPSA) is 416 Å². The van der Waals surface area contributed by atoms with Gasteiger partial charge in [0.2, 0.25) is 23.6 Å². The van der Waals surface area contributed by atoms with Gasteiger partial charge in [-0.25, -0.2) is 4.79 Å². The van der Waals surface area contributed by atoms with Crippen molar-refractivity contribution < 1.29 is 143 Å². The molecule has 30 atom stereocenters. The lowest BCUT2D eigenvalue weighted by Crippen LogP contribution is -2.53. The van der Waals surface area contributed by atoms with Crippen molar-refractivity contribution in [3.63, 3.8) is 0 Å². The quantitative estimate of drug-likeness (QED) is 0.0140. The molecular weight excluding hydrogens is 1880 g/mol. The van der Waals surface area contributed by atoms with Crippen LogP contribution in [0.5, 0.6) is 0 Å². The molecule has 13 aliphatic rings. The van der Waals surface area contributed by atoms with Crippen LogP contribution < -0.4 is 21.3 Å². The molecule has 35 heteroatoms. The number of amides is 5. The first-order chi connectivity index (χ1) is 67.8. The number of alkyl halides is 3. The van der Waals surface area contributed by atoms with Gasteiger partial charge in [-0.2, -0.15) is 13.2 Å². The monoisotopic (exact) mass is 2050 g/mol. The Kier molecular flexibility index (Phi) is 42.5. The molecule has 13 heterocycles. The lowest BCUT2D eigenvalue weighted by molar-refractivity contribution is -0.217. The molecule has 145 heavy (non-hydrogen) atoms. The van der Waals surface area contributed by atoms with E-state index in [1.54, 1.807) is 31.7 Å². The van der Waals surface area contributed by atoms with Crippen molar-refractivity contribution in [3.05, 3.63) is 144 Å². The van der Waals surface area contributed by atoms with Gasteiger partial charge in [-0.3, -0.25) is 24.0 Å². The van der Waals surface area contributed by atoms with Gasteiger partial charge in [-0.1, -0.05) is 136 Å². The number of esters is 1. The Balaban J connectivity index is 0.000000199. The first-order valence-corrected chi connectivity index (χ1v) is 51.9. The van der Waals surface area contributed by atoms with E-state index in [1.807, 2.05) is 173 Å². The molecule has 13 saturated heterocycles. The normalized spacial score (nSPS) is 37.3. The van der Waals surface area contributed by atoms with E-state index in [-0.39, 0.29) is 131 Å². The molecule has 0 aliphatic carbocycles. The number of epoxide rings is 4. The number of nitrogens with zero attached hydrogens (tertiary/aromatic N) is 1. The molecule has 816 valence electrons. The molecule has 0 aromatic carbocycles. The SMILES string of the molecule is CC(/C=C/[C@H]1OC(C)(C)C[C@@]2(CO2)[C@@H]1O)=C\C[C@@H]1O[C@H](C)[C@H](NC(=O)/C=C\[C@H](C)O)C[C@@H]1C.CC(/C=C/[C@H]1OC(C)(C)C[C@@]2(CO2)[C@@H]1O)=C\C[C@@H]1O[C@H](C)[C@H](NC(=O)/C=C\[C@H](C)OC(=O)N2CCOCC2)C[C@@H]1C.CC(=O)O[C@@H](C)/C=C\C(=O)N[C@@H]1CO[C@H](C/C=C(C)/C=C/[C@H]2OC(C)(C)C[C@@]3(CO3)[C@@H]2O)O[C@@H]1C.CC(C)/C=C\C(=O)N[C@@H]1C[C@H](C)[C@H](C/C=C(/C=C/[C@H]2OC(C)(C)C[C@@]3(CO3)[C@@H]2O)C(F)(F)F)O[C@@H]1C. The maximum Gasteiger partial charge on any atom is 0.416 e. The Labute approximate surface area is 855 Å². The van der Waals surface area contributed by atoms with Crippen molar-refractivity contribution in [1.82, 2.24) is 26.2 Å². The minimum absolute atomic E-state index is 0.0373. The number of allylic oxidation sites excluding steroid dienone is 9. The fourth-order valence-corrected chi connectivity index (χ4v) is 20.3. The van der Waals surface area contributed by atoms with Crippen LogP contribution in [0.15, 0.2) is 144 Å². The van der Waals surface area contributed by atoms with E-state index < -0.39 is 131 Å². The third-order valence-corrected chi connectivity index (χ3v) is 28.6. The van der Waals surface area contributed by atoms with Crippen LogP contribution in [0.25, 0.3) is 0 Å². The number of carbonyl (C=O) groups is 6. The second-order valence-corrected chi connectivity index (χ2v) is 44.9. The fourth-order valence-electron chi connectivity index (χ4n) is 20.3. The second-order valence-electron chi connectivity index (χ2n) is 44.9. The van der Waals surface area contributed by atoms with Crippen LogP contribution in [0.2, 0.25) is 0 Å². The first-order valence-electron chi connectivity index (χ1n) is 51.9. The lowest BCUT2D eigenvalue weighted by atomic mass is 9.83. The molecule has 0 aromatic heterocycles. The lowest BCUT2D eigenvalue weighted by Gasteiger charge is -2.41. The molecule has 9 N–H and O–H groups in total. The van der Waals surface area contributed by atoms with E-state index in [1.165, 1.54) is 49.5 Å². The van der Waals surface area contributed by atoms with Crippen molar-refractivity contribution in [2.24, 2.45) is 23.7 Å². The average Bonchev–Trinajstić information content (AvgIpc) is 1.60. The summed E-state index contributed by atoms with van der Waals surface area (Å²) in [5.41, 5.74) is -1.45. The van der Waals surface area contributed by atoms with E-state index in [9.17, 15) is 67.5 Å². The molecule has 13 aliphatic heterocycles. The smallest absolute Gasteiger partial charge is 0.416 e. The zero-order valence-electron chi connectivity index (χ0n) is 89.6. The van der Waals surface area contributed by atoms with Crippen molar-refractivity contribution in [2.75, 3.05) is 59.3 Å². The van der Waals surface area contributed by atoms with Crippen molar-refractivity contribution in [3.8, 4) is 0 Å². The van der Waals surface area contributed by atoms with E-state index in [4.69, 9.17) is 75.8 Å². The van der Waals surface area contributed by atoms with Crippen LogP contribution in [0.4, 0.5) is 18.0 Å². The fraction of sp³-hybridized carbons (Fsp3) is 0.727. The maximum absolute atomic E-state index is 13.8. The summed E-state index contributed by atoms with van der Waals surface area (Å²) in [5.74, 6) is -0.613. The van der Waals surface area contributed by atoms with Gasteiger partial charge in [0.25, 0.3) is 0 Å². The summed E-state index contributed by atoms with van der Waals surface area (Å²) in [6.45, 7) is 50.5. The van der Waals surface area contributed by atoms with E-state index in [2.05, 4.69) is 47.3 Å². The molecule has 0 aromatic rings. The molecule has 0 unspecified atom stereocenters. The van der Waals surface area contributed by atoms with Gasteiger partial charge in [0.15, 0.2) is 6.29 Å². The first kappa shape index (κ1) is 119. The predicted octanol–water partition coefficient (Wildman–Crippen LogP) is 13.1. The number of aliphatic hydroxyl groups excluding tert-OH is 5. The van der Waals surface area contributed by atoms with E-state index >= 15 is 0 Å². The largest absolute Gasteiger partial charge is 0.459 e. The molecule has 13 fully saturated rings. The molecule has 13 rings (SSSR count). The third kappa shape index (κ3) is 36.7. The van der Waals surface area contributed by atoms with Crippen LogP contribution in [-0.4, -0.2) is 317 Å². The molecule has 5 amide bonds. The third-order valence-electron chi connectivity index (χ3n) is 28.6. The Morgan fingerprint density at radius 2 is 0.731 bits per heavy atom. The van der Waals surface area contributed by atoms with Crippen molar-refractivity contribution in [2.45, 2.75) is 428 Å². The second kappa shape index (κ2) is 51.6. The van der Waals surface area contributed by atoms with Gasteiger partial charge >= 0.3 is 18.2 Å². The summed E-state index contributed by atoms with van der Waals surface area (Å²) in [7, 11) is 0. The number of rotatable bonds is 30. The highest BCUT2D eigenvalue weighted by Gasteiger charge is 2.64. The Bertz CT molecular complexity index is 4680. The summed E-state index contributed by atoms with van der Waals surface area (Å²) in [6.07, 6.45) is 27.1. The number of nitrogens with one attached hydrogen (secondary N) is 4. The summed E-state index contributed by atoms with van der Waals surface area (Å²) in [6, 6.07) is -0.670. The standard InChI is InChI=1S/C31H48N2O8.C27H40F3NO5.C26H39NO8.C26H41NO6/c1-20(8-11-26-28(35)31(19-38-31)18-30(5,6)41-26)7-10-25-21(2)17-24(23(4)40-25)32-27(34)12-9-22(3)39-29(36)33-13-15-37-16-14-33;1-16(2)7-12-23(32)31-20-13-17(3)21(35-18(20)4)10-8-19(27(28,29)30)9-11-22-24(33)26(15-34-26)14-25(5,6)36-22;1-16(7-10-21-24(30)26(15-32-26)14-25(5,6)35-21)8-12-23-31-13-20(18(3)34-23)27-22(29)11-9-17(2)33-19(4)28;1-16(8-11-22-24(30)26(15-31-26)14-25(5,6)33-22)7-10-21-17(2)13-20(19(4)32-21)27-23(29)12-9-18(3)28/h7-9,11-12,21-26,28,35H,10,13-19H2,1-6H3,(H,32,34);7-9,11-12,16-18,20-22,24,33H,10,13-15H2,1-6H3,(H,31,32);7-11,17-18,20-21,23-24,30H,12-15H2,1-6H3,(H,27,29);7-9,11-12,17-22,24,28,30H,10,13-15H2,1-6H3,(H,27,29)/b11-8+,12-9-,20-7+;11-9+,12-7-,19-8-;10-7+,11-9-,16-8+;11-8+,12-9-,16-7+/t21-,22-,23+,24+,25-,26+,28+,31+;17-,18+,20+,21-,22+,24+,26+;17-,18+,20+,21+,23-,24+,26+;17-,18-,19+,20+,21-,22+,24+,26+/m0000/s1. The maximum atomic E-state index is 13.8. The minimum atomic E-state index is -4.57. The zero-order valence-corrected chi connectivity index (χ0v) is 89.6. The van der Waals surface area contributed by atoms with Crippen LogP contribution in [-0.2, 0) is 99.8 Å². The number of hydrogen-bond acceptors (Lipinski definition) is 27. The molecule has 4 spiro atoms. The minimum Gasteiger partial charge on any atom is -0.459 e. The van der Waals surface area contributed by atoms with Gasteiger partial charge in [0.05, 0.1) is 147 Å². The van der Waals surface area contributed by atoms with E-state index in [0.717, 1.165) is 54.6 Å². The highest BCUT2D eigenvalue weighted by atomic mass is 19.4. The van der Waals surface area contributed by atoms with Gasteiger partial charge in [-0.05, 0) is 205 Å². The van der Waals surface area contributed by atoms with Crippen LogP contribution in [0, 0.1) is 23.7 Å². The molecule has 32 nitrogen and oxygen atoms in total. The number of carbonyl (C=O) groups excluding carboxylic acids is 6. The predicted molar refractivity (Wildman–Crippen MR) is 538 cm³/mol. The highest BCUT2D eigenvalue weighted by Crippen LogP contribution is 2.51. The Morgan fingerprint density at radius 1 is 0.421 bits per heavy atom. The van der Waals surface area contributed by atoms with Crippen molar-refractivity contribution >= 4 is 35.7 Å². The number of halogens is 3. The number of aliphatic hydroxyl groups is 5. The highest BCUT2D eigenvalue weighted by molar-refractivity contribution is 5.89. The van der Waals surface area contributed by atoms with E-state index in [0.29, 0.717) is 97.9 Å². The van der Waals surface area contributed by atoms with Crippen molar-refractivity contribution in [1.29, 1.82) is 0 Å². The molecule has 0 radical (unpaired) electrons. The zero-order chi connectivity index (χ0) is 107. The number of hydrogen-bond donors (Lipinski definition) is 9. The summed E-state index contributed by atoms with van der Waals surface area (Å²) in [4.78, 5) is 73.7. The van der Waals surface area contributed by atoms with Gasteiger partial charge in [0, 0.05) is 70.3 Å². The molecule has 0 saturated carbocycles. The van der Waals surface area contributed by atoms with Gasteiger partial charge < -0.3 is 127 Å². The van der Waals surface area contributed by atoms with Gasteiger partial charge in [0.1, 0.15) is 83.4 Å². The Hall–Kier alpha value is -7.47. The average molecular weight is 2050 g/mol. The number of ether oxygens (including phenoxy) is 16. The van der Waals surface area contributed by atoms with Crippen LogP contribution >= 0.6 is 0 Å². The summed E-state index contributed by atoms with van der Waals surface area (Å²) < 4.78 is 134. The molecule has 0 bridgehead atoms.